The van der Waals surface area contributed by atoms with Crippen LogP contribution in [0.25, 0.3) is 0 Å². The van der Waals surface area contributed by atoms with Crippen LogP contribution in [0.4, 0.5) is 8.78 Å². The number of aromatic nitrogens is 1. The van der Waals surface area contributed by atoms with E-state index in [2.05, 4.69) is 10.5 Å². The van der Waals surface area contributed by atoms with E-state index in [1.807, 2.05) is 6.92 Å². The molecule has 11 heteroatoms. The van der Waals surface area contributed by atoms with Crippen molar-refractivity contribution in [1.29, 1.82) is 0 Å². The summed E-state index contributed by atoms with van der Waals surface area (Å²) in [5.74, 6) is -2.71. The van der Waals surface area contributed by atoms with E-state index in [1.54, 1.807) is 17.9 Å². The van der Waals surface area contributed by atoms with Gasteiger partial charge in [-0.15, -0.1) is 0 Å². The summed E-state index contributed by atoms with van der Waals surface area (Å²) in [5.41, 5.74) is -1.47. The highest BCUT2D eigenvalue weighted by Crippen LogP contribution is 2.46. The van der Waals surface area contributed by atoms with Gasteiger partial charge in [0.05, 0.1) is 11.8 Å². The van der Waals surface area contributed by atoms with Crippen LogP contribution in [0.1, 0.15) is 64.2 Å². The Kier molecular flexibility index (Phi) is 5.80. The fraction of sp³-hybridized carbons (Fsp3) is 0.440. The van der Waals surface area contributed by atoms with Crippen LogP contribution in [-0.4, -0.2) is 57.0 Å². The predicted octanol–water partition coefficient (Wildman–Crippen LogP) is 2.60. The molecule has 1 spiro atoms. The summed E-state index contributed by atoms with van der Waals surface area (Å²) in [6, 6.07) is 3.72. The van der Waals surface area contributed by atoms with Crippen LogP contribution in [0, 0.1) is 12.7 Å². The highest BCUT2D eigenvalue weighted by Gasteiger charge is 2.54. The van der Waals surface area contributed by atoms with Crippen LogP contribution in [0.3, 0.4) is 0 Å². The number of oxime groups is 1. The molecule has 3 aliphatic heterocycles. The third-order valence-electron chi connectivity index (χ3n) is 7.41. The van der Waals surface area contributed by atoms with Crippen LogP contribution in [0.2, 0.25) is 0 Å². The molecule has 9 nitrogen and oxygen atoms in total. The molecule has 2 bridgehead atoms. The van der Waals surface area contributed by atoms with Crippen molar-refractivity contribution >= 4 is 17.5 Å². The Balaban J connectivity index is 1.54. The molecular weight excluding hydrogens is 474 g/mol. The topological polar surface area (TPSA) is 113 Å². The summed E-state index contributed by atoms with van der Waals surface area (Å²) in [6.07, 6.45) is 2.42. The lowest BCUT2D eigenvalue weighted by Gasteiger charge is -2.41. The smallest absolute Gasteiger partial charge is 0.274 e. The Morgan fingerprint density at radius 2 is 2.14 bits per heavy atom. The molecule has 190 valence electrons. The van der Waals surface area contributed by atoms with Crippen LogP contribution in [-0.2, 0) is 11.4 Å². The first-order valence-corrected chi connectivity index (χ1v) is 11.8. The fourth-order valence-corrected chi connectivity index (χ4v) is 5.32. The van der Waals surface area contributed by atoms with Gasteiger partial charge in [-0.3, -0.25) is 14.4 Å². The highest BCUT2D eigenvalue weighted by atomic mass is 19.1. The van der Waals surface area contributed by atoms with Gasteiger partial charge in [-0.1, -0.05) is 17.3 Å². The number of carbonyl (C=O) groups is 2. The van der Waals surface area contributed by atoms with Crippen molar-refractivity contribution in [1.82, 2.24) is 14.8 Å². The molecule has 3 aliphatic rings. The number of hydrogen-bond acceptors (Lipinski definition) is 6. The van der Waals surface area contributed by atoms with Gasteiger partial charge >= 0.3 is 0 Å². The zero-order chi connectivity index (χ0) is 25.8. The molecular formula is C25H26F2N4O5. The molecule has 2 amide bonds. The first-order chi connectivity index (χ1) is 17.1. The first-order valence-electron chi connectivity index (χ1n) is 11.8. The van der Waals surface area contributed by atoms with Crippen LogP contribution < -0.4 is 10.7 Å². The molecule has 36 heavy (non-hydrogen) atoms. The Hall–Kier alpha value is -3.76. The predicted molar refractivity (Wildman–Crippen MR) is 125 cm³/mol. The molecule has 0 radical (unpaired) electrons. The van der Waals surface area contributed by atoms with Gasteiger partial charge in [0.2, 0.25) is 5.43 Å². The maximum Gasteiger partial charge on any atom is 0.274 e. The second kappa shape index (κ2) is 8.72. The molecule has 0 saturated carbocycles. The van der Waals surface area contributed by atoms with Crippen molar-refractivity contribution in [2.75, 3.05) is 13.2 Å². The zero-order valence-corrected chi connectivity index (χ0v) is 19.9. The van der Waals surface area contributed by atoms with Gasteiger partial charge in [0.15, 0.2) is 17.0 Å². The summed E-state index contributed by atoms with van der Waals surface area (Å²) in [7, 11) is 0. The molecule has 3 atom stereocenters. The number of alkyl halides is 1. The molecule has 2 aromatic rings. The number of amides is 2. The number of benzene rings is 1. The number of aromatic hydroxyl groups is 1. The number of carbonyl (C=O) groups excluding carboxylic acids is 2. The highest BCUT2D eigenvalue weighted by molar-refractivity contribution is 5.99. The van der Waals surface area contributed by atoms with Gasteiger partial charge < -0.3 is 24.7 Å². The Morgan fingerprint density at radius 3 is 2.83 bits per heavy atom. The molecule has 0 unspecified atom stereocenters. The van der Waals surface area contributed by atoms with E-state index in [9.17, 15) is 28.3 Å². The second-order valence-electron chi connectivity index (χ2n) is 9.74. The molecule has 5 rings (SSSR count). The van der Waals surface area contributed by atoms with Crippen LogP contribution in [0.5, 0.6) is 5.75 Å². The number of pyridine rings is 1. The van der Waals surface area contributed by atoms with Crippen LogP contribution in [0.15, 0.2) is 34.3 Å². The molecule has 1 fully saturated rings. The maximum atomic E-state index is 14.2. The van der Waals surface area contributed by atoms with Gasteiger partial charge in [0.25, 0.3) is 11.8 Å². The first kappa shape index (κ1) is 24.0. The van der Waals surface area contributed by atoms with Crippen molar-refractivity contribution in [2.45, 2.75) is 57.3 Å². The second-order valence-corrected chi connectivity index (χ2v) is 9.74. The lowest BCUT2D eigenvalue weighted by Crippen LogP contribution is -2.52. The minimum Gasteiger partial charge on any atom is -0.503 e. The van der Waals surface area contributed by atoms with E-state index in [0.717, 1.165) is 5.56 Å². The van der Waals surface area contributed by atoms with Gasteiger partial charge in [-0.2, -0.15) is 0 Å². The van der Waals surface area contributed by atoms with E-state index < -0.39 is 52.7 Å². The van der Waals surface area contributed by atoms with Crippen molar-refractivity contribution < 1.29 is 28.3 Å². The number of fused-ring (bicyclic) bond motifs is 5. The molecule has 1 aromatic heterocycles. The average molecular weight is 501 g/mol. The quantitative estimate of drug-likeness (QED) is 0.670. The number of rotatable bonds is 4. The minimum absolute atomic E-state index is 0.179. The third-order valence-corrected chi connectivity index (χ3v) is 7.41. The molecule has 0 aliphatic carbocycles. The standard InChI is InChI=1S/C25H26F2N4O5/c1-13-3-4-15(18(27)7-13)10-28-23(34)17-11-31-19-12-30(24(35)20(31)22(33)21(17)32)14(2)5-6-25(19)8-16(9-26)29-36-25/h3-4,7,11,14,19,33H,5-6,8-10,12H2,1-2H3,(H,28,34)/t14-,19+,25-/m0/s1. The number of nitrogens with zero attached hydrogens (tertiary/aromatic N) is 3. The normalized spacial score (nSPS) is 24.7. The van der Waals surface area contributed by atoms with Gasteiger partial charge in [0.1, 0.15) is 18.1 Å². The Bertz CT molecular complexity index is 1360. The van der Waals surface area contributed by atoms with Crippen molar-refractivity contribution in [3.8, 4) is 5.75 Å². The molecule has 4 heterocycles. The van der Waals surface area contributed by atoms with Gasteiger partial charge in [-0.25, -0.2) is 8.78 Å². The maximum absolute atomic E-state index is 14.2. The van der Waals surface area contributed by atoms with E-state index in [-0.39, 0.29) is 42.5 Å². The number of nitrogens with one attached hydrogen (secondary N) is 1. The average Bonchev–Trinajstić information content (AvgIpc) is 3.23. The minimum atomic E-state index is -1.01. The number of hydrogen-bond donors (Lipinski definition) is 2. The summed E-state index contributed by atoms with van der Waals surface area (Å²) >= 11 is 0. The molecule has 1 saturated heterocycles. The zero-order valence-electron chi connectivity index (χ0n) is 19.9. The summed E-state index contributed by atoms with van der Waals surface area (Å²) < 4.78 is 29.0. The Labute approximate surface area is 205 Å². The lowest BCUT2D eigenvalue weighted by atomic mass is 9.84. The number of halogens is 2. The van der Waals surface area contributed by atoms with E-state index in [4.69, 9.17) is 4.84 Å². The van der Waals surface area contributed by atoms with E-state index in [0.29, 0.717) is 12.8 Å². The van der Waals surface area contributed by atoms with Crippen molar-refractivity contribution in [3.63, 3.8) is 0 Å². The van der Waals surface area contributed by atoms with E-state index >= 15 is 0 Å². The fourth-order valence-electron chi connectivity index (χ4n) is 5.32. The monoisotopic (exact) mass is 500 g/mol. The van der Waals surface area contributed by atoms with Crippen molar-refractivity contribution in [3.05, 3.63) is 62.8 Å². The Morgan fingerprint density at radius 1 is 1.36 bits per heavy atom. The lowest BCUT2D eigenvalue weighted by molar-refractivity contribution is -0.0655. The largest absolute Gasteiger partial charge is 0.503 e. The molecule has 2 N–H and O–H groups in total. The van der Waals surface area contributed by atoms with Crippen molar-refractivity contribution in [2.24, 2.45) is 5.16 Å². The summed E-state index contributed by atoms with van der Waals surface area (Å²) in [5, 5.41) is 17.2. The van der Waals surface area contributed by atoms with Gasteiger partial charge in [0, 0.05) is 37.3 Å². The van der Waals surface area contributed by atoms with Gasteiger partial charge in [-0.05, 0) is 38.3 Å². The summed E-state index contributed by atoms with van der Waals surface area (Å²) in [4.78, 5) is 46.6. The molecule has 1 aromatic carbocycles. The number of aryl methyl sites for hydroxylation is 1. The SMILES string of the molecule is Cc1ccc(CNC(=O)c2cn3c(c(O)c2=O)C(=O)N2C[C@@H]3[C@]3(CC[C@@H]2C)CC(CF)=NO3)c(F)c1. The third kappa shape index (κ3) is 3.73. The van der Waals surface area contributed by atoms with E-state index in [1.165, 1.54) is 22.9 Å². The summed E-state index contributed by atoms with van der Waals surface area (Å²) in [6.45, 7) is 2.82. The van der Waals surface area contributed by atoms with Crippen LogP contribution >= 0.6 is 0 Å².